The molecule has 2 nitrogen and oxygen atoms in total. The van der Waals surface area contributed by atoms with Gasteiger partial charge in [0.25, 0.3) is 0 Å². The normalized spacial score (nSPS) is 13.0. The number of hydrogen-bond donors (Lipinski definition) is 0. The van der Waals surface area contributed by atoms with Crippen LogP contribution in [0.5, 0.6) is 0 Å². The zero-order valence-electron chi connectivity index (χ0n) is 15.0. The molecular formula is C22H24O2. The lowest BCUT2D eigenvalue weighted by molar-refractivity contribution is 0.0977. The molecule has 0 saturated heterocycles. The molecule has 1 aliphatic carbocycles. The average Bonchev–Trinajstić information content (AvgIpc) is 2.63. The summed E-state index contributed by atoms with van der Waals surface area (Å²) in [6.45, 7) is 8.45. The number of hydrogen-bond acceptors (Lipinski definition) is 2. The second-order valence-corrected chi connectivity index (χ2v) is 6.28. The molecule has 3 rings (SSSR count). The molecule has 0 spiro atoms. The molecule has 0 radical (unpaired) electrons. The van der Waals surface area contributed by atoms with Crippen LogP contribution in [0.2, 0.25) is 0 Å². The van der Waals surface area contributed by atoms with E-state index >= 15 is 0 Å². The largest absolute Gasteiger partial charge is 0.289 e. The molecule has 2 aromatic carbocycles. The zero-order chi connectivity index (χ0) is 17.4. The van der Waals surface area contributed by atoms with E-state index in [1.165, 1.54) is 11.1 Å². The molecule has 1 aliphatic rings. The minimum atomic E-state index is 0.0177. The standard InChI is InChI=1S/C22H24O2/c1-5-13-14(6-2)16(8-4)20-19(15(13)7-3)21(23)17-11-9-10-12-18(17)22(20)24/h9-12H,5-8H2,1-4H3. The summed E-state index contributed by atoms with van der Waals surface area (Å²) in [5, 5.41) is 0. The van der Waals surface area contributed by atoms with Crippen molar-refractivity contribution in [3.05, 3.63) is 68.8 Å². The third-order valence-corrected chi connectivity index (χ3v) is 5.23. The molecule has 0 atom stereocenters. The van der Waals surface area contributed by atoms with E-state index in [2.05, 4.69) is 27.7 Å². The number of rotatable bonds is 4. The van der Waals surface area contributed by atoms with E-state index in [1.54, 1.807) is 12.1 Å². The summed E-state index contributed by atoms with van der Waals surface area (Å²) in [5.41, 5.74) is 7.16. The molecule has 24 heavy (non-hydrogen) atoms. The van der Waals surface area contributed by atoms with E-state index in [4.69, 9.17) is 0 Å². The average molecular weight is 320 g/mol. The van der Waals surface area contributed by atoms with Crippen LogP contribution in [0, 0.1) is 0 Å². The molecule has 0 fully saturated rings. The van der Waals surface area contributed by atoms with Gasteiger partial charge in [0.2, 0.25) is 0 Å². The molecule has 0 aromatic heterocycles. The summed E-state index contributed by atoms with van der Waals surface area (Å²) in [5.74, 6) is 0.0354. The van der Waals surface area contributed by atoms with Gasteiger partial charge in [-0.3, -0.25) is 9.59 Å². The van der Waals surface area contributed by atoms with Gasteiger partial charge in [-0.1, -0.05) is 52.0 Å². The highest BCUT2D eigenvalue weighted by Crippen LogP contribution is 2.37. The molecule has 0 saturated carbocycles. The maximum Gasteiger partial charge on any atom is 0.194 e. The second kappa shape index (κ2) is 6.35. The van der Waals surface area contributed by atoms with Gasteiger partial charge in [-0.25, -0.2) is 0 Å². The van der Waals surface area contributed by atoms with Crippen molar-refractivity contribution in [2.75, 3.05) is 0 Å². The van der Waals surface area contributed by atoms with Gasteiger partial charge in [0, 0.05) is 22.3 Å². The fourth-order valence-electron chi connectivity index (χ4n) is 4.25. The van der Waals surface area contributed by atoms with Gasteiger partial charge in [0.1, 0.15) is 0 Å². The minimum Gasteiger partial charge on any atom is -0.289 e. The van der Waals surface area contributed by atoms with Gasteiger partial charge in [0.15, 0.2) is 11.6 Å². The third kappa shape index (κ3) is 2.16. The Morgan fingerprint density at radius 2 is 0.917 bits per heavy atom. The molecule has 2 heteroatoms. The third-order valence-electron chi connectivity index (χ3n) is 5.23. The Morgan fingerprint density at radius 3 is 1.21 bits per heavy atom. The number of carbonyl (C=O) groups excluding carboxylic acids is 2. The molecule has 0 aliphatic heterocycles. The lowest BCUT2D eigenvalue weighted by Crippen LogP contribution is -2.26. The van der Waals surface area contributed by atoms with E-state index in [1.807, 2.05) is 12.1 Å². The van der Waals surface area contributed by atoms with Gasteiger partial charge in [-0.2, -0.15) is 0 Å². The van der Waals surface area contributed by atoms with E-state index < -0.39 is 0 Å². The molecule has 0 bridgehead atoms. The van der Waals surface area contributed by atoms with Crippen molar-refractivity contribution in [2.45, 2.75) is 53.4 Å². The van der Waals surface area contributed by atoms with Crippen LogP contribution in [-0.2, 0) is 25.7 Å². The van der Waals surface area contributed by atoms with Gasteiger partial charge < -0.3 is 0 Å². The summed E-state index contributed by atoms with van der Waals surface area (Å²) in [7, 11) is 0. The van der Waals surface area contributed by atoms with Crippen molar-refractivity contribution in [1.82, 2.24) is 0 Å². The van der Waals surface area contributed by atoms with Crippen LogP contribution in [0.4, 0.5) is 0 Å². The molecular weight excluding hydrogens is 296 g/mol. The smallest absolute Gasteiger partial charge is 0.194 e. The van der Waals surface area contributed by atoms with Crippen LogP contribution >= 0.6 is 0 Å². The Labute approximate surface area is 143 Å². The van der Waals surface area contributed by atoms with Gasteiger partial charge >= 0.3 is 0 Å². The van der Waals surface area contributed by atoms with Crippen LogP contribution in [-0.4, -0.2) is 11.6 Å². The predicted octanol–water partition coefficient (Wildman–Crippen LogP) is 4.71. The second-order valence-electron chi connectivity index (χ2n) is 6.28. The van der Waals surface area contributed by atoms with Gasteiger partial charge in [-0.15, -0.1) is 0 Å². The van der Waals surface area contributed by atoms with E-state index in [0.717, 1.165) is 36.8 Å². The number of carbonyl (C=O) groups is 2. The molecule has 124 valence electrons. The zero-order valence-corrected chi connectivity index (χ0v) is 15.0. The molecule has 0 amide bonds. The fraction of sp³-hybridized carbons (Fsp3) is 0.364. The highest BCUT2D eigenvalue weighted by atomic mass is 16.1. The van der Waals surface area contributed by atoms with Crippen LogP contribution in [0.25, 0.3) is 0 Å². The summed E-state index contributed by atoms with van der Waals surface area (Å²) in [4.78, 5) is 26.4. The Balaban J connectivity index is 2.47. The van der Waals surface area contributed by atoms with E-state index in [0.29, 0.717) is 22.3 Å². The van der Waals surface area contributed by atoms with Crippen molar-refractivity contribution >= 4 is 11.6 Å². The van der Waals surface area contributed by atoms with E-state index in [-0.39, 0.29) is 11.6 Å². The lowest BCUT2D eigenvalue weighted by Gasteiger charge is -2.27. The van der Waals surface area contributed by atoms with Crippen molar-refractivity contribution < 1.29 is 9.59 Å². The first-order valence-electron chi connectivity index (χ1n) is 8.98. The van der Waals surface area contributed by atoms with Gasteiger partial charge in [-0.05, 0) is 47.9 Å². The van der Waals surface area contributed by atoms with Crippen LogP contribution < -0.4 is 0 Å². The fourth-order valence-corrected chi connectivity index (χ4v) is 4.25. The van der Waals surface area contributed by atoms with Gasteiger partial charge in [0.05, 0.1) is 0 Å². The minimum absolute atomic E-state index is 0.0177. The summed E-state index contributed by atoms with van der Waals surface area (Å²) >= 11 is 0. The predicted molar refractivity (Wildman–Crippen MR) is 97.3 cm³/mol. The van der Waals surface area contributed by atoms with Crippen LogP contribution in [0.15, 0.2) is 24.3 Å². The Kier molecular flexibility index (Phi) is 4.40. The maximum absolute atomic E-state index is 13.2. The molecule has 0 N–H and O–H groups in total. The number of benzene rings is 2. The van der Waals surface area contributed by atoms with Crippen molar-refractivity contribution in [2.24, 2.45) is 0 Å². The number of fused-ring (bicyclic) bond motifs is 2. The first-order chi connectivity index (χ1) is 11.6. The molecule has 0 unspecified atom stereocenters. The monoisotopic (exact) mass is 320 g/mol. The Hall–Kier alpha value is -2.22. The van der Waals surface area contributed by atoms with Crippen molar-refractivity contribution in [1.29, 1.82) is 0 Å². The maximum atomic E-state index is 13.2. The molecule has 0 heterocycles. The Bertz CT molecular complexity index is 774. The first kappa shape index (κ1) is 16.6. The first-order valence-corrected chi connectivity index (χ1v) is 8.98. The topological polar surface area (TPSA) is 34.1 Å². The summed E-state index contributed by atoms with van der Waals surface area (Å²) in [6, 6.07) is 7.23. The van der Waals surface area contributed by atoms with Crippen LogP contribution in [0.3, 0.4) is 0 Å². The SMILES string of the molecule is CCc1c(CC)c(CC)c2c(c1CC)C(=O)c1ccccc1C2=O. The van der Waals surface area contributed by atoms with E-state index in [9.17, 15) is 9.59 Å². The number of ketones is 2. The summed E-state index contributed by atoms with van der Waals surface area (Å²) in [6.07, 6.45) is 3.36. The Morgan fingerprint density at radius 1 is 0.583 bits per heavy atom. The van der Waals surface area contributed by atoms with Crippen LogP contribution in [0.1, 0.15) is 81.8 Å². The highest BCUT2D eigenvalue weighted by Gasteiger charge is 2.35. The quantitative estimate of drug-likeness (QED) is 0.697. The lowest BCUT2D eigenvalue weighted by atomic mass is 9.74. The summed E-state index contributed by atoms with van der Waals surface area (Å²) < 4.78 is 0. The highest BCUT2D eigenvalue weighted by molar-refractivity contribution is 6.29. The molecule has 2 aromatic rings. The van der Waals surface area contributed by atoms with Crippen molar-refractivity contribution in [3.8, 4) is 0 Å². The van der Waals surface area contributed by atoms with Crippen molar-refractivity contribution in [3.63, 3.8) is 0 Å².